The van der Waals surface area contributed by atoms with Crippen LogP contribution in [-0.4, -0.2) is 22.2 Å². The summed E-state index contributed by atoms with van der Waals surface area (Å²) >= 11 is 0. The maximum Gasteiger partial charge on any atom is 0.421 e. The van der Waals surface area contributed by atoms with Crippen molar-refractivity contribution in [2.45, 2.75) is 0 Å². The largest absolute Gasteiger partial charge is 0.421 e. The molecule has 2 aromatic carbocycles. The number of nitrogens with one attached hydrogen (secondary N) is 2. The van der Waals surface area contributed by atoms with Crippen molar-refractivity contribution in [1.82, 2.24) is 9.13 Å². The molecule has 10 heteroatoms. The molecule has 34 heavy (non-hydrogen) atoms. The summed E-state index contributed by atoms with van der Waals surface area (Å²) in [4.78, 5) is 0. The SMILES string of the molecule is Cn1cc[n+](C)c1/N=N/c1ccc(NCCNc2ccc(/N=N/c3n(C)cc[n+]3C)cc2)cc1. The van der Waals surface area contributed by atoms with Gasteiger partial charge < -0.3 is 10.6 Å². The number of rotatable bonds is 9. The first-order chi connectivity index (χ1) is 16.5. The molecule has 0 aliphatic rings. The maximum absolute atomic E-state index is 4.32. The third kappa shape index (κ3) is 5.71. The molecule has 0 amide bonds. The van der Waals surface area contributed by atoms with Crippen LogP contribution in [0.1, 0.15) is 0 Å². The fourth-order valence-electron chi connectivity index (χ4n) is 3.36. The van der Waals surface area contributed by atoms with E-state index >= 15 is 0 Å². The molecule has 4 aromatic rings. The van der Waals surface area contributed by atoms with E-state index in [1.165, 1.54) is 0 Å². The molecule has 10 nitrogen and oxygen atoms in total. The van der Waals surface area contributed by atoms with Crippen LogP contribution in [0.5, 0.6) is 0 Å². The molecule has 0 unspecified atom stereocenters. The van der Waals surface area contributed by atoms with Crippen molar-refractivity contribution < 1.29 is 9.13 Å². The third-order valence-electron chi connectivity index (χ3n) is 5.32. The summed E-state index contributed by atoms with van der Waals surface area (Å²) in [6.45, 7) is 1.57. The molecule has 2 N–H and O–H groups in total. The zero-order chi connectivity index (χ0) is 23.9. The van der Waals surface area contributed by atoms with E-state index in [1.54, 1.807) is 0 Å². The molecule has 0 saturated heterocycles. The number of hydrogen-bond acceptors (Lipinski definition) is 6. The molecule has 174 valence electrons. The van der Waals surface area contributed by atoms with Crippen LogP contribution < -0.4 is 19.8 Å². The van der Waals surface area contributed by atoms with Crippen LogP contribution in [0.3, 0.4) is 0 Å². The molecule has 0 spiro atoms. The highest BCUT2D eigenvalue weighted by molar-refractivity contribution is 5.52. The number of nitrogens with zero attached hydrogens (tertiary/aromatic N) is 8. The summed E-state index contributed by atoms with van der Waals surface area (Å²) in [5.74, 6) is 1.57. The summed E-state index contributed by atoms with van der Waals surface area (Å²) in [6.07, 6.45) is 7.78. The minimum atomic E-state index is 0.783. The Balaban J connectivity index is 1.22. The number of aryl methyl sites for hydroxylation is 4. The minimum Gasteiger partial charge on any atom is -0.383 e. The molecular formula is C24H30N10+2. The minimum absolute atomic E-state index is 0.783. The predicted octanol–water partition coefficient (Wildman–Crippen LogP) is 4.37. The van der Waals surface area contributed by atoms with E-state index in [0.717, 1.165) is 47.7 Å². The first kappa shape index (κ1) is 22.8. The normalized spacial score (nSPS) is 11.5. The lowest BCUT2D eigenvalue weighted by Gasteiger charge is -2.09. The highest BCUT2D eigenvalue weighted by Crippen LogP contribution is 2.20. The number of anilines is 2. The highest BCUT2D eigenvalue weighted by Gasteiger charge is 2.11. The smallest absolute Gasteiger partial charge is 0.383 e. The van der Waals surface area contributed by atoms with Gasteiger partial charge in [0, 0.05) is 34.7 Å². The van der Waals surface area contributed by atoms with Crippen molar-refractivity contribution in [1.29, 1.82) is 0 Å². The monoisotopic (exact) mass is 458 g/mol. The lowest BCUT2D eigenvalue weighted by atomic mass is 10.3. The predicted molar refractivity (Wildman–Crippen MR) is 131 cm³/mol. The van der Waals surface area contributed by atoms with Gasteiger partial charge in [-0.3, -0.25) is 0 Å². The first-order valence-corrected chi connectivity index (χ1v) is 11.0. The van der Waals surface area contributed by atoms with Crippen LogP contribution in [0.4, 0.5) is 34.6 Å². The van der Waals surface area contributed by atoms with Gasteiger partial charge in [0.15, 0.2) is 0 Å². The number of azo groups is 2. The maximum atomic E-state index is 4.32. The topological polar surface area (TPSA) is 91.1 Å². The van der Waals surface area contributed by atoms with Gasteiger partial charge in [-0.2, -0.15) is 0 Å². The molecule has 2 heterocycles. The van der Waals surface area contributed by atoms with Gasteiger partial charge in [0.25, 0.3) is 0 Å². The van der Waals surface area contributed by atoms with Crippen molar-refractivity contribution in [3.05, 3.63) is 73.3 Å². The molecule has 0 aliphatic carbocycles. The quantitative estimate of drug-likeness (QED) is 0.222. The molecule has 0 atom stereocenters. The van der Waals surface area contributed by atoms with Crippen LogP contribution in [0.2, 0.25) is 0 Å². The van der Waals surface area contributed by atoms with Gasteiger partial charge in [0.2, 0.25) is 0 Å². The second-order valence-electron chi connectivity index (χ2n) is 7.99. The second-order valence-corrected chi connectivity index (χ2v) is 7.99. The van der Waals surface area contributed by atoms with Gasteiger partial charge in [-0.1, -0.05) is 10.2 Å². The summed E-state index contributed by atoms with van der Waals surface area (Å²) in [7, 11) is 7.78. The molecule has 4 rings (SSSR count). The van der Waals surface area contributed by atoms with E-state index in [4.69, 9.17) is 0 Å². The van der Waals surface area contributed by atoms with E-state index < -0.39 is 0 Å². The summed E-state index contributed by atoms with van der Waals surface area (Å²) in [5, 5.41) is 24.1. The van der Waals surface area contributed by atoms with Gasteiger partial charge in [0.05, 0.1) is 53.0 Å². The van der Waals surface area contributed by atoms with Crippen LogP contribution >= 0.6 is 0 Å². The Morgan fingerprint density at radius 3 is 1.32 bits per heavy atom. The molecule has 0 bridgehead atoms. The van der Waals surface area contributed by atoms with E-state index in [0.29, 0.717) is 0 Å². The van der Waals surface area contributed by atoms with Crippen LogP contribution in [0.15, 0.2) is 93.8 Å². The van der Waals surface area contributed by atoms with Crippen LogP contribution in [0.25, 0.3) is 0 Å². The van der Waals surface area contributed by atoms with Crippen LogP contribution in [0, 0.1) is 0 Å². The van der Waals surface area contributed by atoms with Crippen molar-refractivity contribution in [3.8, 4) is 0 Å². The average Bonchev–Trinajstić information content (AvgIpc) is 3.35. The Morgan fingerprint density at radius 2 is 1.00 bits per heavy atom. The number of aromatic nitrogens is 4. The molecule has 0 aliphatic heterocycles. The summed E-state index contributed by atoms with van der Waals surface area (Å²) < 4.78 is 7.70. The highest BCUT2D eigenvalue weighted by atomic mass is 15.3. The van der Waals surface area contributed by atoms with Gasteiger partial charge >= 0.3 is 11.9 Å². The average molecular weight is 459 g/mol. The van der Waals surface area contributed by atoms with E-state index in [2.05, 4.69) is 31.1 Å². The standard InChI is InChI=1S/C24H28N10/c1-31-15-16-32(2)23(31)29-27-21-9-5-19(6-10-21)25-13-14-26-20-7-11-22(12-8-20)28-30-24-33(3)17-18-34(24)4/h5-12,15-18H,13-14H2,1-4H3/p+2. The zero-order valence-corrected chi connectivity index (χ0v) is 19.9. The Hall–Kier alpha value is -4.34. The molecule has 0 fully saturated rings. The summed E-state index contributed by atoms with van der Waals surface area (Å²) in [5.41, 5.74) is 3.69. The number of imidazole rings is 2. The first-order valence-electron chi connectivity index (χ1n) is 11.0. The number of hydrogen-bond donors (Lipinski definition) is 2. The Labute approximate surface area is 198 Å². The Morgan fingerprint density at radius 1 is 0.618 bits per heavy atom. The van der Waals surface area contributed by atoms with Crippen molar-refractivity contribution >= 4 is 34.6 Å². The molecule has 2 aromatic heterocycles. The van der Waals surface area contributed by atoms with E-state index in [9.17, 15) is 0 Å². The van der Waals surface area contributed by atoms with E-state index in [-0.39, 0.29) is 0 Å². The fraction of sp³-hybridized carbons (Fsp3) is 0.250. The van der Waals surface area contributed by atoms with Crippen molar-refractivity contribution in [2.75, 3.05) is 23.7 Å². The number of benzene rings is 2. The lowest BCUT2D eigenvalue weighted by molar-refractivity contribution is -0.657. The van der Waals surface area contributed by atoms with E-state index in [1.807, 2.05) is 120 Å². The van der Waals surface area contributed by atoms with Crippen molar-refractivity contribution in [3.63, 3.8) is 0 Å². The zero-order valence-electron chi connectivity index (χ0n) is 19.9. The summed E-state index contributed by atoms with van der Waals surface area (Å²) in [6, 6.07) is 15.8. The van der Waals surface area contributed by atoms with Gasteiger partial charge in [-0.25, -0.2) is 18.3 Å². The molecule has 0 saturated carbocycles. The van der Waals surface area contributed by atoms with Gasteiger partial charge in [-0.05, 0) is 48.5 Å². The molecular weight excluding hydrogens is 428 g/mol. The lowest BCUT2D eigenvalue weighted by Crippen LogP contribution is -2.25. The van der Waals surface area contributed by atoms with Gasteiger partial charge in [0.1, 0.15) is 11.4 Å². The fourth-order valence-corrected chi connectivity index (χ4v) is 3.36. The molecule has 0 radical (unpaired) electrons. The van der Waals surface area contributed by atoms with Crippen molar-refractivity contribution in [2.24, 2.45) is 48.6 Å². The third-order valence-corrected chi connectivity index (χ3v) is 5.32. The van der Waals surface area contributed by atoms with Gasteiger partial charge in [-0.15, -0.1) is 0 Å². The van der Waals surface area contributed by atoms with Crippen LogP contribution in [-0.2, 0) is 28.2 Å². The second kappa shape index (κ2) is 10.5. The Kier molecular flexibility index (Phi) is 7.07. The Bertz CT molecular complexity index is 1140.